The summed E-state index contributed by atoms with van der Waals surface area (Å²) in [6.07, 6.45) is 2.33. The van der Waals surface area contributed by atoms with Gasteiger partial charge in [0.1, 0.15) is 12.0 Å². The van der Waals surface area contributed by atoms with Gasteiger partial charge in [-0.15, -0.1) is 0 Å². The molecule has 0 aliphatic carbocycles. The Labute approximate surface area is 156 Å². The fourth-order valence-corrected chi connectivity index (χ4v) is 4.29. The van der Waals surface area contributed by atoms with Gasteiger partial charge in [-0.25, -0.2) is 13.1 Å². The Morgan fingerprint density at radius 3 is 2.50 bits per heavy atom. The number of hydrogen-bond acceptors (Lipinski definition) is 6. The van der Waals surface area contributed by atoms with E-state index < -0.39 is 21.2 Å². The molecule has 0 radical (unpaired) electrons. The minimum atomic E-state index is -3.58. The van der Waals surface area contributed by atoms with Crippen LogP contribution in [0.15, 0.2) is 50.7 Å². The molecular formula is C17H19ClN2O5S. The van der Waals surface area contributed by atoms with Crippen LogP contribution in [-0.4, -0.2) is 37.6 Å². The van der Waals surface area contributed by atoms with E-state index in [-0.39, 0.29) is 10.9 Å². The largest absolute Gasteiger partial charge is 0.502 e. The van der Waals surface area contributed by atoms with Gasteiger partial charge in [0.05, 0.1) is 11.4 Å². The number of aromatic hydroxyl groups is 1. The van der Waals surface area contributed by atoms with E-state index in [4.69, 9.17) is 16.0 Å². The molecule has 7 nitrogen and oxygen atoms in total. The minimum absolute atomic E-state index is 0.154. The number of nitrogens with zero attached hydrogens (tertiary/aromatic N) is 1. The van der Waals surface area contributed by atoms with Crippen molar-refractivity contribution in [1.29, 1.82) is 0 Å². The Bertz CT molecular complexity index is 919. The standard InChI is InChI=1S/C17H19ClN2O5S/c18-12-1-3-15(4-2-12)26(23,24)19-13-5-7-20(8-6-13)10-14-9-16(21)17(22)11-25-14/h1-4,9,11,13,19,22H,5-8,10H2. The number of hydrogen-bond donors (Lipinski definition) is 2. The van der Waals surface area contributed by atoms with Crippen molar-refractivity contribution in [2.24, 2.45) is 0 Å². The van der Waals surface area contributed by atoms with Gasteiger partial charge in [-0.1, -0.05) is 11.6 Å². The first kappa shape index (κ1) is 18.9. The van der Waals surface area contributed by atoms with Crippen LogP contribution in [0.3, 0.4) is 0 Å². The highest BCUT2D eigenvalue weighted by Crippen LogP contribution is 2.18. The van der Waals surface area contributed by atoms with E-state index in [0.717, 1.165) is 6.26 Å². The van der Waals surface area contributed by atoms with Crippen LogP contribution < -0.4 is 10.2 Å². The summed E-state index contributed by atoms with van der Waals surface area (Å²) in [4.78, 5) is 13.7. The molecule has 1 aliphatic rings. The van der Waals surface area contributed by atoms with Gasteiger partial charge in [0, 0.05) is 30.2 Å². The summed E-state index contributed by atoms with van der Waals surface area (Å²) in [6, 6.07) is 7.16. The van der Waals surface area contributed by atoms with Crippen molar-refractivity contribution in [3.63, 3.8) is 0 Å². The molecule has 26 heavy (non-hydrogen) atoms. The molecule has 3 rings (SSSR count). The summed E-state index contributed by atoms with van der Waals surface area (Å²) < 4.78 is 32.8. The van der Waals surface area contributed by atoms with Gasteiger partial charge in [-0.3, -0.25) is 9.69 Å². The number of likely N-dealkylation sites (tertiary alicyclic amines) is 1. The number of nitrogens with one attached hydrogen (secondary N) is 1. The molecule has 1 aromatic heterocycles. The Morgan fingerprint density at radius 1 is 1.23 bits per heavy atom. The highest BCUT2D eigenvalue weighted by atomic mass is 35.5. The Balaban J connectivity index is 1.55. The third-order valence-electron chi connectivity index (χ3n) is 4.28. The maximum Gasteiger partial charge on any atom is 0.240 e. The number of sulfonamides is 1. The SMILES string of the molecule is O=c1cc(CN2CCC(NS(=O)(=O)c3ccc(Cl)cc3)CC2)occ1O. The van der Waals surface area contributed by atoms with E-state index in [0.29, 0.717) is 43.3 Å². The molecule has 2 heterocycles. The number of halogens is 1. The topological polar surface area (TPSA) is 99.9 Å². The second-order valence-electron chi connectivity index (χ2n) is 6.22. The van der Waals surface area contributed by atoms with E-state index in [1.54, 1.807) is 12.1 Å². The van der Waals surface area contributed by atoms with Crippen molar-refractivity contribution in [2.45, 2.75) is 30.3 Å². The molecule has 1 aliphatic heterocycles. The zero-order valence-corrected chi connectivity index (χ0v) is 15.5. The molecule has 0 saturated carbocycles. The monoisotopic (exact) mass is 398 g/mol. The second-order valence-corrected chi connectivity index (χ2v) is 8.37. The molecule has 1 aromatic carbocycles. The lowest BCUT2D eigenvalue weighted by molar-refractivity contribution is 0.185. The predicted molar refractivity (Wildman–Crippen MR) is 96.7 cm³/mol. The molecule has 9 heteroatoms. The maximum absolute atomic E-state index is 12.4. The van der Waals surface area contributed by atoms with Crippen molar-refractivity contribution in [3.8, 4) is 5.75 Å². The normalized spacial score (nSPS) is 16.7. The van der Waals surface area contributed by atoms with Crippen molar-refractivity contribution < 1.29 is 17.9 Å². The zero-order valence-electron chi connectivity index (χ0n) is 13.9. The van der Waals surface area contributed by atoms with Gasteiger partial charge in [0.15, 0.2) is 5.75 Å². The Kier molecular flexibility index (Phi) is 5.67. The molecule has 2 aromatic rings. The van der Waals surface area contributed by atoms with Gasteiger partial charge in [-0.05, 0) is 37.1 Å². The van der Waals surface area contributed by atoms with E-state index in [2.05, 4.69) is 9.62 Å². The quantitative estimate of drug-likeness (QED) is 0.798. The van der Waals surface area contributed by atoms with Crippen LogP contribution >= 0.6 is 11.6 Å². The average Bonchev–Trinajstić information content (AvgIpc) is 2.60. The molecule has 0 spiro atoms. The average molecular weight is 399 g/mol. The van der Waals surface area contributed by atoms with E-state index in [9.17, 15) is 18.3 Å². The van der Waals surface area contributed by atoms with E-state index in [1.165, 1.54) is 18.2 Å². The van der Waals surface area contributed by atoms with Gasteiger partial charge < -0.3 is 9.52 Å². The predicted octanol–water partition coefficient (Wildman–Crippen LogP) is 1.94. The van der Waals surface area contributed by atoms with Crippen molar-refractivity contribution in [3.05, 3.63) is 57.6 Å². The summed E-state index contributed by atoms with van der Waals surface area (Å²) in [5, 5.41) is 9.69. The van der Waals surface area contributed by atoms with Gasteiger partial charge in [0.25, 0.3) is 0 Å². The van der Waals surface area contributed by atoms with Crippen LogP contribution in [0, 0.1) is 0 Å². The summed E-state index contributed by atoms with van der Waals surface area (Å²) in [6.45, 7) is 1.77. The Hall–Kier alpha value is -1.87. The lowest BCUT2D eigenvalue weighted by Gasteiger charge is -2.31. The van der Waals surface area contributed by atoms with E-state index in [1.807, 2.05) is 0 Å². The number of rotatable bonds is 5. The van der Waals surface area contributed by atoms with Gasteiger partial charge in [-0.2, -0.15) is 0 Å². The molecule has 0 atom stereocenters. The fourth-order valence-electron chi connectivity index (χ4n) is 2.86. The fraction of sp³-hybridized carbons (Fsp3) is 0.353. The first-order valence-electron chi connectivity index (χ1n) is 8.14. The van der Waals surface area contributed by atoms with Gasteiger partial charge >= 0.3 is 0 Å². The first-order chi connectivity index (χ1) is 12.3. The third-order valence-corrected chi connectivity index (χ3v) is 6.07. The number of piperidine rings is 1. The molecule has 0 bridgehead atoms. The molecule has 2 N–H and O–H groups in total. The molecule has 1 fully saturated rings. The van der Waals surface area contributed by atoms with Gasteiger partial charge in [0.2, 0.25) is 15.5 Å². The van der Waals surface area contributed by atoms with E-state index >= 15 is 0 Å². The smallest absolute Gasteiger partial charge is 0.240 e. The molecular weight excluding hydrogens is 380 g/mol. The summed E-state index contributed by atoms with van der Waals surface area (Å²) in [5.41, 5.74) is -0.475. The Morgan fingerprint density at radius 2 is 1.88 bits per heavy atom. The van der Waals surface area contributed by atoms with Crippen LogP contribution in [0.2, 0.25) is 5.02 Å². The van der Waals surface area contributed by atoms with Crippen molar-refractivity contribution >= 4 is 21.6 Å². The third kappa shape index (κ3) is 4.64. The molecule has 1 saturated heterocycles. The second kappa shape index (κ2) is 7.79. The highest BCUT2D eigenvalue weighted by Gasteiger charge is 2.25. The molecule has 0 amide bonds. The van der Waals surface area contributed by atoms with Crippen LogP contribution in [0.1, 0.15) is 18.6 Å². The summed E-state index contributed by atoms with van der Waals surface area (Å²) >= 11 is 5.79. The lowest BCUT2D eigenvalue weighted by atomic mass is 10.1. The first-order valence-corrected chi connectivity index (χ1v) is 10.0. The summed E-state index contributed by atoms with van der Waals surface area (Å²) in [7, 11) is -3.58. The highest BCUT2D eigenvalue weighted by molar-refractivity contribution is 7.89. The molecule has 140 valence electrons. The van der Waals surface area contributed by atoms with Crippen molar-refractivity contribution in [2.75, 3.05) is 13.1 Å². The summed E-state index contributed by atoms with van der Waals surface area (Å²) in [5.74, 6) is 0.0528. The van der Waals surface area contributed by atoms with Crippen LogP contribution in [-0.2, 0) is 16.6 Å². The zero-order chi connectivity index (χ0) is 18.7. The van der Waals surface area contributed by atoms with Crippen LogP contribution in [0.4, 0.5) is 0 Å². The number of benzene rings is 1. The minimum Gasteiger partial charge on any atom is -0.502 e. The van der Waals surface area contributed by atoms with Crippen molar-refractivity contribution in [1.82, 2.24) is 9.62 Å². The maximum atomic E-state index is 12.4. The lowest BCUT2D eigenvalue weighted by Crippen LogP contribution is -2.44. The van der Waals surface area contributed by atoms with Crippen LogP contribution in [0.5, 0.6) is 5.75 Å². The molecule has 0 unspecified atom stereocenters. The van der Waals surface area contributed by atoms with Crippen LogP contribution in [0.25, 0.3) is 0 Å².